The molecule has 9 heteroatoms. The molecule has 33 heavy (non-hydrogen) atoms. The number of anilines is 1. The van der Waals surface area contributed by atoms with E-state index in [1.54, 1.807) is 29.2 Å². The number of carbonyl (C=O) groups is 1. The molecule has 5 rings (SSSR count). The fourth-order valence-electron chi connectivity index (χ4n) is 3.81. The number of aromatic nitrogens is 5. The van der Waals surface area contributed by atoms with Crippen molar-refractivity contribution in [3.8, 4) is 0 Å². The van der Waals surface area contributed by atoms with Gasteiger partial charge in [0.25, 0.3) is 5.91 Å². The minimum absolute atomic E-state index is 0.175. The van der Waals surface area contributed by atoms with Gasteiger partial charge >= 0.3 is 5.95 Å². The number of halogens is 1. The second kappa shape index (κ2) is 8.48. The summed E-state index contributed by atoms with van der Waals surface area (Å²) in [5.74, 6) is 0.291. The van der Waals surface area contributed by atoms with Crippen molar-refractivity contribution in [2.75, 3.05) is 5.73 Å². The van der Waals surface area contributed by atoms with Crippen LogP contribution in [0.25, 0.3) is 16.4 Å². The van der Waals surface area contributed by atoms with Crippen molar-refractivity contribution in [2.45, 2.75) is 19.9 Å². The van der Waals surface area contributed by atoms with E-state index in [2.05, 4.69) is 25.4 Å². The highest BCUT2D eigenvalue weighted by Crippen LogP contribution is 2.20. The molecule has 0 aliphatic carbocycles. The number of fused-ring (bicyclic) bond motifs is 2. The monoisotopic (exact) mass is 458 g/mol. The van der Waals surface area contributed by atoms with Gasteiger partial charge in [0.15, 0.2) is 5.52 Å². The predicted molar refractivity (Wildman–Crippen MR) is 126 cm³/mol. The number of hydrogen-bond acceptors (Lipinski definition) is 5. The first kappa shape index (κ1) is 20.8. The molecule has 4 heterocycles. The summed E-state index contributed by atoms with van der Waals surface area (Å²) in [5, 5.41) is 8.84. The van der Waals surface area contributed by atoms with E-state index in [0.29, 0.717) is 29.5 Å². The zero-order valence-electron chi connectivity index (χ0n) is 17.8. The van der Waals surface area contributed by atoms with Gasteiger partial charge in [-0.25, -0.2) is 4.98 Å². The summed E-state index contributed by atoms with van der Waals surface area (Å²) < 4.78 is 1.63. The lowest BCUT2D eigenvalue weighted by molar-refractivity contribution is -0.564. The molecule has 0 spiro atoms. The van der Waals surface area contributed by atoms with Gasteiger partial charge in [-0.1, -0.05) is 17.7 Å². The summed E-state index contributed by atoms with van der Waals surface area (Å²) in [7, 11) is 0. The van der Waals surface area contributed by atoms with E-state index in [0.717, 1.165) is 38.9 Å². The lowest BCUT2D eigenvalue weighted by Gasteiger charge is -2.08. The number of H-pyrrole nitrogens is 1. The van der Waals surface area contributed by atoms with Gasteiger partial charge in [0, 0.05) is 42.0 Å². The average molecular weight is 459 g/mol. The molecule has 1 amide bonds. The number of nitrogens with zero attached hydrogens (tertiary/aromatic N) is 4. The molecule has 0 aliphatic heterocycles. The molecular formula is C24H21ClN7O+. The van der Waals surface area contributed by atoms with E-state index in [4.69, 9.17) is 17.3 Å². The first-order valence-electron chi connectivity index (χ1n) is 10.4. The number of carbonyl (C=O) groups excluding carboxylic acids is 1. The number of pyridine rings is 2. The van der Waals surface area contributed by atoms with Gasteiger partial charge in [-0.2, -0.15) is 0 Å². The minimum Gasteiger partial charge on any atom is -0.348 e. The predicted octanol–water partition coefficient (Wildman–Crippen LogP) is 3.16. The summed E-state index contributed by atoms with van der Waals surface area (Å²) in [5.41, 5.74) is 11.9. The Labute approximate surface area is 194 Å². The number of aryl methyl sites for hydroxylation is 1. The molecule has 0 fully saturated rings. The molecule has 0 radical (unpaired) electrons. The summed E-state index contributed by atoms with van der Waals surface area (Å²) >= 11 is 6.07. The molecule has 4 N–H and O–H groups in total. The van der Waals surface area contributed by atoms with Gasteiger partial charge in [0.2, 0.25) is 0 Å². The third-order valence-corrected chi connectivity index (χ3v) is 5.65. The smallest absolute Gasteiger partial charge is 0.348 e. The molecule has 0 saturated heterocycles. The first-order valence-corrected chi connectivity index (χ1v) is 10.8. The van der Waals surface area contributed by atoms with E-state index in [1.165, 1.54) is 0 Å². The summed E-state index contributed by atoms with van der Waals surface area (Å²) in [4.78, 5) is 24.6. The van der Waals surface area contributed by atoms with Gasteiger partial charge < -0.3 is 5.32 Å². The molecule has 0 aliphatic rings. The zero-order chi connectivity index (χ0) is 22.9. The molecule has 164 valence electrons. The number of rotatable bonds is 5. The van der Waals surface area contributed by atoms with Gasteiger partial charge in [-0.15, -0.1) is 9.61 Å². The summed E-state index contributed by atoms with van der Waals surface area (Å²) in [6.45, 7) is 2.28. The molecule has 4 aromatic heterocycles. The van der Waals surface area contributed by atoms with E-state index in [9.17, 15) is 4.79 Å². The Hall–Kier alpha value is -4.04. The van der Waals surface area contributed by atoms with Gasteiger partial charge in [0.1, 0.15) is 5.69 Å². The molecule has 0 saturated carbocycles. The standard InChI is InChI=1S/C24H20ClN7O/c1-14-22-8-16(12-30-32(22)24(26)31-14)11-29-23(33)17-4-5-27-20(10-17)7-15-2-3-21-18(6-15)9-19(25)13-28-21/h2-6,8-10,12-13H,7,11H2,1H3,(H3,26,29,30,31,33)/p+1. The van der Waals surface area contributed by atoms with E-state index in [1.807, 2.05) is 43.3 Å². The number of amides is 1. The third-order valence-electron chi connectivity index (χ3n) is 5.45. The Morgan fingerprint density at radius 2 is 2.00 bits per heavy atom. The quantitative estimate of drug-likeness (QED) is 0.350. The highest BCUT2D eigenvalue weighted by Gasteiger charge is 2.14. The first-order chi connectivity index (χ1) is 16.0. The molecule has 1 aromatic carbocycles. The molecule has 8 nitrogen and oxygen atoms in total. The fraction of sp³-hybridized carbons (Fsp3) is 0.125. The lowest BCUT2D eigenvalue weighted by atomic mass is 10.0. The molecular weight excluding hydrogens is 438 g/mol. The normalized spacial score (nSPS) is 11.2. The van der Waals surface area contributed by atoms with Crippen LogP contribution in [-0.2, 0) is 13.0 Å². The molecule has 5 aromatic rings. The highest BCUT2D eigenvalue weighted by molar-refractivity contribution is 6.31. The van der Waals surface area contributed by atoms with E-state index < -0.39 is 0 Å². The fourth-order valence-corrected chi connectivity index (χ4v) is 3.97. The van der Waals surface area contributed by atoms with Crippen LogP contribution in [0.3, 0.4) is 0 Å². The van der Waals surface area contributed by atoms with Gasteiger partial charge in [0.05, 0.1) is 16.7 Å². The summed E-state index contributed by atoms with van der Waals surface area (Å²) in [6, 6.07) is 13.4. The summed E-state index contributed by atoms with van der Waals surface area (Å²) in [6.07, 6.45) is 5.57. The van der Waals surface area contributed by atoms with Crippen molar-refractivity contribution in [3.63, 3.8) is 0 Å². The van der Waals surface area contributed by atoms with Crippen LogP contribution in [0.1, 0.15) is 32.9 Å². The van der Waals surface area contributed by atoms with Crippen LogP contribution < -0.4 is 15.6 Å². The van der Waals surface area contributed by atoms with Crippen LogP contribution in [0.4, 0.5) is 5.95 Å². The van der Waals surface area contributed by atoms with Crippen LogP contribution in [0.15, 0.2) is 61.1 Å². The Balaban J connectivity index is 1.29. The van der Waals surface area contributed by atoms with Crippen molar-refractivity contribution in [1.29, 1.82) is 0 Å². The zero-order valence-corrected chi connectivity index (χ0v) is 18.6. The number of imidazole rings is 1. The maximum Gasteiger partial charge on any atom is 0.377 e. The number of benzene rings is 1. The maximum absolute atomic E-state index is 12.8. The van der Waals surface area contributed by atoms with Crippen LogP contribution in [0, 0.1) is 6.92 Å². The largest absolute Gasteiger partial charge is 0.377 e. The SMILES string of the molecule is Cc1[nH]c(N)[n+]2ncc(CNC(=O)c3ccnc(Cc4ccc5ncc(Cl)cc5c4)c3)cc12. The van der Waals surface area contributed by atoms with Crippen LogP contribution >= 0.6 is 11.6 Å². The lowest BCUT2D eigenvalue weighted by Crippen LogP contribution is -2.29. The van der Waals surface area contributed by atoms with Crippen LogP contribution in [-0.4, -0.2) is 26.0 Å². The number of nitrogens with two attached hydrogens (primary N) is 1. The number of aromatic amines is 1. The Morgan fingerprint density at radius 1 is 1.12 bits per heavy atom. The Bertz CT molecular complexity index is 1510. The van der Waals surface area contributed by atoms with Crippen molar-refractivity contribution in [2.24, 2.45) is 0 Å². The third kappa shape index (κ3) is 4.33. The number of nitrogens with one attached hydrogen (secondary N) is 2. The van der Waals surface area contributed by atoms with Crippen LogP contribution in [0.2, 0.25) is 5.02 Å². The average Bonchev–Trinajstić information content (AvgIpc) is 3.10. The van der Waals surface area contributed by atoms with Crippen molar-refractivity contribution in [3.05, 3.63) is 94.2 Å². The van der Waals surface area contributed by atoms with Crippen molar-refractivity contribution < 1.29 is 9.31 Å². The number of nitrogen functional groups attached to an aromatic ring is 1. The molecule has 0 atom stereocenters. The van der Waals surface area contributed by atoms with Crippen molar-refractivity contribution in [1.82, 2.24) is 25.4 Å². The minimum atomic E-state index is -0.175. The van der Waals surface area contributed by atoms with Crippen LogP contribution in [0.5, 0.6) is 0 Å². The second-order valence-electron chi connectivity index (χ2n) is 7.87. The number of hydrogen-bond donors (Lipinski definition) is 3. The van der Waals surface area contributed by atoms with E-state index >= 15 is 0 Å². The van der Waals surface area contributed by atoms with Crippen molar-refractivity contribution >= 4 is 39.9 Å². The van der Waals surface area contributed by atoms with Gasteiger partial charge in [-0.3, -0.25) is 20.5 Å². The Kier molecular flexibility index (Phi) is 5.35. The van der Waals surface area contributed by atoms with Gasteiger partial charge in [-0.05, 0) is 54.4 Å². The van der Waals surface area contributed by atoms with E-state index in [-0.39, 0.29) is 5.91 Å². The topological polar surface area (TPSA) is 114 Å². The second-order valence-corrected chi connectivity index (χ2v) is 8.31. The highest BCUT2D eigenvalue weighted by atomic mass is 35.5. The Morgan fingerprint density at radius 3 is 2.88 bits per heavy atom. The maximum atomic E-state index is 12.8. The molecule has 0 unspecified atom stereocenters. The molecule has 0 bridgehead atoms.